The van der Waals surface area contributed by atoms with E-state index in [2.05, 4.69) is 5.32 Å². The number of benzene rings is 1. The van der Waals surface area contributed by atoms with Gasteiger partial charge in [0.2, 0.25) is 5.78 Å². The number of aliphatic hydroxyl groups excluding tert-OH is 1. The summed E-state index contributed by atoms with van der Waals surface area (Å²) < 4.78 is 4.98. The van der Waals surface area contributed by atoms with Gasteiger partial charge in [-0.3, -0.25) is 9.59 Å². The molecule has 1 amide bonds. The summed E-state index contributed by atoms with van der Waals surface area (Å²) in [5, 5.41) is 13.7. The van der Waals surface area contributed by atoms with Gasteiger partial charge in [0.25, 0.3) is 5.91 Å². The molecule has 1 aromatic heterocycles. The Balaban J connectivity index is 2.01. The van der Waals surface area contributed by atoms with E-state index in [0.29, 0.717) is 16.2 Å². The zero-order chi connectivity index (χ0) is 14.5. The lowest BCUT2D eigenvalue weighted by molar-refractivity contribution is 0.0610. The lowest BCUT2D eigenvalue weighted by Gasteiger charge is -2.11. The van der Waals surface area contributed by atoms with Crippen molar-refractivity contribution >= 4 is 23.0 Å². The molecule has 1 heterocycles. The molecule has 0 aliphatic carbocycles. The van der Waals surface area contributed by atoms with Gasteiger partial charge in [-0.25, -0.2) is 0 Å². The summed E-state index contributed by atoms with van der Waals surface area (Å²) in [4.78, 5) is 24.1. The van der Waals surface area contributed by atoms with Crippen molar-refractivity contribution in [2.75, 3.05) is 7.11 Å². The first-order valence-corrected chi connectivity index (χ1v) is 6.70. The van der Waals surface area contributed by atoms with Gasteiger partial charge in [0, 0.05) is 5.56 Å². The Kier molecular flexibility index (Phi) is 4.49. The third-order valence-corrected chi connectivity index (χ3v) is 3.52. The maximum atomic E-state index is 11.9. The Labute approximate surface area is 119 Å². The number of hydrogen-bond donors (Lipinski definition) is 2. The fourth-order valence-corrected chi connectivity index (χ4v) is 2.26. The summed E-state index contributed by atoms with van der Waals surface area (Å²) in [6, 6.07) is 9.66. The van der Waals surface area contributed by atoms with E-state index in [-0.39, 0.29) is 0 Å². The van der Waals surface area contributed by atoms with E-state index in [0.717, 1.165) is 0 Å². The quantitative estimate of drug-likeness (QED) is 0.649. The minimum Gasteiger partial charge on any atom is -0.497 e. The highest BCUT2D eigenvalue weighted by molar-refractivity contribution is 7.12. The molecular formula is C14H13NO4S. The maximum Gasteiger partial charge on any atom is 0.253 e. The number of carbonyl (C=O) groups excluding carboxylic acids is 2. The van der Waals surface area contributed by atoms with E-state index >= 15 is 0 Å². The zero-order valence-corrected chi connectivity index (χ0v) is 11.5. The van der Waals surface area contributed by atoms with Crippen LogP contribution in [0.25, 0.3) is 0 Å². The normalized spacial score (nSPS) is 11.7. The first-order chi connectivity index (χ1) is 9.61. The Morgan fingerprint density at radius 3 is 2.50 bits per heavy atom. The minimum absolute atomic E-state index is 0.337. The topological polar surface area (TPSA) is 75.6 Å². The second kappa shape index (κ2) is 6.31. The smallest absolute Gasteiger partial charge is 0.253 e. The molecule has 0 saturated carbocycles. The van der Waals surface area contributed by atoms with E-state index in [1.165, 1.54) is 18.4 Å². The van der Waals surface area contributed by atoms with Gasteiger partial charge in [0.05, 0.1) is 12.0 Å². The molecule has 1 aromatic carbocycles. The number of ether oxygens (including phenoxy) is 1. The van der Waals surface area contributed by atoms with Crippen LogP contribution in [0.1, 0.15) is 20.0 Å². The van der Waals surface area contributed by atoms with Gasteiger partial charge >= 0.3 is 0 Å². The number of Topliss-reactive ketones (excluding diaryl/α,β-unsaturated/α-hetero) is 1. The standard InChI is InChI=1S/C14H13NO4S/c1-19-10-6-4-9(5-7-10)13(17)15-14(18)12(16)11-3-2-8-20-11/h2-8,14,18H,1H3,(H,15,17)/t14-/m0/s1. The molecule has 2 aromatic rings. The zero-order valence-electron chi connectivity index (χ0n) is 10.7. The second-order valence-electron chi connectivity index (χ2n) is 3.95. The molecule has 6 heteroatoms. The Morgan fingerprint density at radius 2 is 1.95 bits per heavy atom. The van der Waals surface area contributed by atoms with Crippen molar-refractivity contribution in [3.8, 4) is 5.75 Å². The molecule has 0 saturated heterocycles. The number of ketones is 1. The fourth-order valence-electron chi connectivity index (χ4n) is 1.57. The molecule has 0 spiro atoms. The van der Waals surface area contributed by atoms with Crippen LogP contribution >= 0.6 is 11.3 Å². The molecule has 2 rings (SSSR count). The molecule has 1 atom stereocenters. The van der Waals surface area contributed by atoms with Crippen molar-refractivity contribution in [3.05, 3.63) is 52.2 Å². The average Bonchev–Trinajstić information content (AvgIpc) is 3.00. The predicted molar refractivity (Wildman–Crippen MR) is 75.1 cm³/mol. The third-order valence-electron chi connectivity index (χ3n) is 2.63. The lowest BCUT2D eigenvalue weighted by Crippen LogP contribution is -2.40. The monoisotopic (exact) mass is 291 g/mol. The van der Waals surface area contributed by atoms with E-state index in [1.807, 2.05) is 0 Å². The average molecular weight is 291 g/mol. The number of rotatable bonds is 5. The molecular weight excluding hydrogens is 278 g/mol. The van der Waals surface area contributed by atoms with Crippen molar-refractivity contribution in [1.29, 1.82) is 0 Å². The number of thiophene rings is 1. The molecule has 104 valence electrons. The van der Waals surface area contributed by atoms with Crippen LogP contribution < -0.4 is 10.1 Å². The number of carbonyl (C=O) groups is 2. The summed E-state index contributed by atoms with van der Waals surface area (Å²) in [6.45, 7) is 0. The van der Waals surface area contributed by atoms with Crippen LogP contribution in [0.15, 0.2) is 41.8 Å². The Morgan fingerprint density at radius 1 is 1.25 bits per heavy atom. The third kappa shape index (κ3) is 3.23. The highest BCUT2D eigenvalue weighted by atomic mass is 32.1. The molecule has 5 nitrogen and oxygen atoms in total. The molecule has 2 N–H and O–H groups in total. The van der Waals surface area contributed by atoms with Crippen LogP contribution in [0.5, 0.6) is 5.75 Å². The molecule has 0 fully saturated rings. The molecule has 0 unspecified atom stereocenters. The van der Waals surface area contributed by atoms with Gasteiger partial charge in [0.1, 0.15) is 5.75 Å². The number of nitrogens with one attached hydrogen (secondary N) is 1. The molecule has 0 aliphatic heterocycles. The van der Waals surface area contributed by atoms with Crippen LogP contribution in [-0.2, 0) is 0 Å². The van der Waals surface area contributed by atoms with Gasteiger partial charge < -0.3 is 15.2 Å². The van der Waals surface area contributed by atoms with Gasteiger partial charge in [0.15, 0.2) is 6.23 Å². The van der Waals surface area contributed by atoms with Gasteiger partial charge in [-0.15, -0.1) is 11.3 Å². The summed E-state index contributed by atoms with van der Waals surface area (Å²) in [7, 11) is 1.53. The van der Waals surface area contributed by atoms with Crippen molar-refractivity contribution < 1.29 is 19.4 Å². The van der Waals surface area contributed by atoms with Crippen molar-refractivity contribution in [2.45, 2.75) is 6.23 Å². The summed E-state index contributed by atoms with van der Waals surface area (Å²) in [5.74, 6) is -0.427. The molecule has 20 heavy (non-hydrogen) atoms. The van der Waals surface area contributed by atoms with Gasteiger partial charge in [-0.2, -0.15) is 0 Å². The number of amides is 1. The highest BCUT2D eigenvalue weighted by Gasteiger charge is 2.20. The van der Waals surface area contributed by atoms with Crippen LogP contribution in [0.2, 0.25) is 0 Å². The summed E-state index contributed by atoms with van der Waals surface area (Å²) >= 11 is 1.21. The second-order valence-corrected chi connectivity index (χ2v) is 4.89. The summed E-state index contributed by atoms with van der Waals surface area (Å²) in [5.41, 5.74) is 0.337. The summed E-state index contributed by atoms with van der Waals surface area (Å²) in [6.07, 6.45) is -1.55. The van der Waals surface area contributed by atoms with Crippen molar-refractivity contribution in [1.82, 2.24) is 5.32 Å². The Hall–Kier alpha value is -2.18. The van der Waals surface area contributed by atoms with Crippen molar-refractivity contribution in [3.63, 3.8) is 0 Å². The number of aliphatic hydroxyl groups is 1. The van der Waals surface area contributed by atoms with Crippen LogP contribution in [-0.4, -0.2) is 30.1 Å². The first-order valence-electron chi connectivity index (χ1n) is 5.82. The van der Waals surface area contributed by atoms with Gasteiger partial charge in [-0.05, 0) is 35.7 Å². The predicted octanol–water partition coefficient (Wildman–Crippen LogP) is 1.69. The van der Waals surface area contributed by atoms with Crippen LogP contribution in [0, 0.1) is 0 Å². The Bertz CT molecular complexity index is 592. The van der Waals surface area contributed by atoms with Crippen molar-refractivity contribution in [2.24, 2.45) is 0 Å². The van der Waals surface area contributed by atoms with Crippen LogP contribution in [0.4, 0.5) is 0 Å². The maximum absolute atomic E-state index is 11.9. The first kappa shape index (κ1) is 14.2. The fraction of sp³-hybridized carbons (Fsp3) is 0.143. The van der Waals surface area contributed by atoms with Gasteiger partial charge in [-0.1, -0.05) is 6.07 Å². The number of hydrogen-bond acceptors (Lipinski definition) is 5. The lowest BCUT2D eigenvalue weighted by atomic mass is 10.2. The largest absolute Gasteiger partial charge is 0.497 e. The molecule has 0 aliphatic rings. The molecule has 0 bridgehead atoms. The van der Waals surface area contributed by atoms with E-state index < -0.39 is 17.9 Å². The SMILES string of the molecule is COc1ccc(C(=O)N[C@@H](O)C(=O)c2cccs2)cc1. The minimum atomic E-state index is -1.55. The van der Waals surface area contributed by atoms with E-state index in [1.54, 1.807) is 41.8 Å². The van der Waals surface area contributed by atoms with E-state index in [4.69, 9.17) is 4.74 Å². The number of methoxy groups -OCH3 is 1. The van der Waals surface area contributed by atoms with Crippen LogP contribution in [0.3, 0.4) is 0 Å². The van der Waals surface area contributed by atoms with E-state index in [9.17, 15) is 14.7 Å². The highest BCUT2D eigenvalue weighted by Crippen LogP contribution is 2.13. The molecule has 0 radical (unpaired) electrons.